The van der Waals surface area contributed by atoms with Crippen molar-refractivity contribution in [1.82, 2.24) is 0 Å². The summed E-state index contributed by atoms with van der Waals surface area (Å²) >= 11 is 12.1. The lowest BCUT2D eigenvalue weighted by Crippen LogP contribution is -2.67. The first-order valence-electron chi connectivity index (χ1n) is 10.4. The third-order valence-electron chi connectivity index (χ3n) is 6.49. The summed E-state index contributed by atoms with van der Waals surface area (Å²) in [6, 6.07) is 20.4. The molecular weight excluding hydrogens is 450 g/mol. The number of carbonyl (C=O) groups excluding carboxylic acids is 1. The van der Waals surface area contributed by atoms with Crippen molar-refractivity contribution in [3.05, 3.63) is 94.0 Å². The van der Waals surface area contributed by atoms with Crippen LogP contribution >= 0.6 is 23.2 Å². The topological polar surface area (TPSA) is 43.8 Å². The second-order valence-electron chi connectivity index (χ2n) is 8.49. The quantitative estimate of drug-likeness (QED) is 0.476. The van der Waals surface area contributed by atoms with Crippen LogP contribution in [0.1, 0.15) is 24.0 Å². The maximum atomic E-state index is 14.5. The summed E-state index contributed by atoms with van der Waals surface area (Å²) in [5.41, 5.74) is -0.507. The van der Waals surface area contributed by atoms with Gasteiger partial charge >= 0.3 is 6.03 Å². The van der Waals surface area contributed by atoms with Gasteiger partial charge in [-0.25, -0.2) is 9.18 Å². The molecule has 1 heterocycles. The molecule has 2 fully saturated rings. The fourth-order valence-electron chi connectivity index (χ4n) is 5.02. The van der Waals surface area contributed by atoms with E-state index in [1.54, 1.807) is 54.6 Å². The first-order valence-corrected chi connectivity index (χ1v) is 11.1. The monoisotopic (exact) mass is 470 g/mol. The first kappa shape index (κ1) is 21.3. The summed E-state index contributed by atoms with van der Waals surface area (Å²) in [5, 5.41) is 13.5. The largest absolute Gasteiger partial charge is 0.364 e. The van der Waals surface area contributed by atoms with E-state index in [1.165, 1.54) is 9.80 Å². The molecule has 1 saturated heterocycles. The minimum Gasteiger partial charge on any atom is -0.364 e. The lowest BCUT2D eigenvalue weighted by Gasteiger charge is -2.54. The third-order valence-corrected chi connectivity index (χ3v) is 7.00. The minimum absolute atomic E-state index is 0.00982. The van der Waals surface area contributed by atoms with Crippen LogP contribution in [0.4, 0.5) is 20.6 Å². The number of anilines is 2. The SMILES string of the molecule is Cc1cccc(C2(O)N(c3ccc(Cl)cc3)C(=O)N(c3ccc(Cl)cc3)C23CC(F)C3)c1. The van der Waals surface area contributed by atoms with Crippen molar-refractivity contribution in [3.63, 3.8) is 0 Å². The number of urea groups is 1. The summed E-state index contributed by atoms with van der Waals surface area (Å²) in [4.78, 5) is 16.9. The van der Waals surface area contributed by atoms with Gasteiger partial charge in [0.2, 0.25) is 0 Å². The molecule has 3 aromatic rings. The van der Waals surface area contributed by atoms with Crippen molar-refractivity contribution in [2.45, 2.75) is 37.2 Å². The van der Waals surface area contributed by atoms with E-state index in [4.69, 9.17) is 23.2 Å². The molecule has 1 aliphatic carbocycles. The molecule has 0 aromatic heterocycles. The molecule has 1 saturated carbocycles. The van der Waals surface area contributed by atoms with E-state index in [0.29, 0.717) is 27.0 Å². The average molecular weight is 471 g/mol. The van der Waals surface area contributed by atoms with Gasteiger partial charge in [-0.3, -0.25) is 9.80 Å². The van der Waals surface area contributed by atoms with Crippen LogP contribution in [0.15, 0.2) is 72.8 Å². The van der Waals surface area contributed by atoms with Gasteiger partial charge in [-0.2, -0.15) is 0 Å². The Morgan fingerprint density at radius 3 is 1.94 bits per heavy atom. The molecule has 5 rings (SSSR count). The van der Waals surface area contributed by atoms with Crippen LogP contribution in [0.3, 0.4) is 0 Å². The van der Waals surface area contributed by atoms with Crippen molar-refractivity contribution >= 4 is 40.6 Å². The molecule has 0 bridgehead atoms. The number of halogens is 3. The van der Waals surface area contributed by atoms with Gasteiger partial charge in [-0.1, -0.05) is 53.0 Å². The highest BCUT2D eigenvalue weighted by molar-refractivity contribution is 6.31. The normalized spacial score (nSPS) is 27.2. The molecule has 0 radical (unpaired) electrons. The molecular formula is C25H21Cl2FN2O2. The van der Waals surface area contributed by atoms with E-state index in [2.05, 4.69) is 0 Å². The summed E-state index contributed by atoms with van der Waals surface area (Å²) in [6.45, 7) is 1.92. The van der Waals surface area contributed by atoms with Gasteiger partial charge in [0.25, 0.3) is 0 Å². The lowest BCUT2D eigenvalue weighted by atomic mass is 9.65. The number of aliphatic hydroxyl groups is 1. The van der Waals surface area contributed by atoms with Gasteiger partial charge in [0.1, 0.15) is 11.7 Å². The van der Waals surface area contributed by atoms with Gasteiger partial charge in [0.05, 0.1) is 0 Å². The Balaban J connectivity index is 1.77. The molecule has 3 aromatic carbocycles. The van der Waals surface area contributed by atoms with Crippen LogP contribution < -0.4 is 9.80 Å². The molecule has 1 N–H and O–H groups in total. The van der Waals surface area contributed by atoms with Crippen LogP contribution in [-0.2, 0) is 5.72 Å². The van der Waals surface area contributed by atoms with Gasteiger partial charge in [0.15, 0.2) is 5.72 Å². The highest BCUT2D eigenvalue weighted by atomic mass is 35.5. The van der Waals surface area contributed by atoms with Crippen LogP contribution in [0.2, 0.25) is 10.0 Å². The van der Waals surface area contributed by atoms with Crippen LogP contribution in [0.5, 0.6) is 0 Å². The number of benzene rings is 3. The van der Waals surface area contributed by atoms with E-state index in [-0.39, 0.29) is 12.8 Å². The number of carbonyl (C=O) groups is 1. The number of hydrogen-bond donors (Lipinski definition) is 1. The van der Waals surface area contributed by atoms with Crippen LogP contribution in [-0.4, -0.2) is 22.8 Å². The Morgan fingerprint density at radius 2 is 1.44 bits per heavy atom. The summed E-state index contributed by atoms with van der Waals surface area (Å²) in [5.74, 6) is 0. The molecule has 164 valence electrons. The van der Waals surface area contributed by atoms with Crippen molar-refractivity contribution in [3.8, 4) is 0 Å². The number of hydrogen-bond acceptors (Lipinski definition) is 2. The Bertz CT molecular complexity index is 1180. The summed E-state index contributed by atoms with van der Waals surface area (Å²) < 4.78 is 14.5. The number of rotatable bonds is 3. The minimum atomic E-state index is -1.80. The van der Waals surface area contributed by atoms with Crippen LogP contribution in [0, 0.1) is 6.92 Å². The maximum absolute atomic E-state index is 14.5. The molecule has 1 spiro atoms. The smallest absolute Gasteiger partial charge is 0.332 e. The molecule has 32 heavy (non-hydrogen) atoms. The first-order chi connectivity index (χ1) is 15.3. The van der Waals surface area contributed by atoms with Crippen molar-refractivity contribution in [2.75, 3.05) is 9.80 Å². The van der Waals surface area contributed by atoms with E-state index < -0.39 is 23.5 Å². The number of aryl methyl sites for hydroxylation is 1. The zero-order valence-electron chi connectivity index (χ0n) is 17.3. The van der Waals surface area contributed by atoms with Crippen molar-refractivity contribution in [2.24, 2.45) is 0 Å². The Hall–Kier alpha value is -2.60. The molecule has 1 aliphatic heterocycles. The molecule has 1 atom stereocenters. The average Bonchev–Trinajstić information content (AvgIpc) is 2.94. The highest BCUT2D eigenvalue weighted by Crippen LogP contribution is 2.59. The van der Waals surface area contributed by atoms with E-state index in [9.17, 15) is 14.3 Å². The maximum Gasteiger partial charge on any atom is 0.332 e. The molecule has 2 aliphatic rings. The van der Waals surface area contributed by atoms with Gasteiger partial charge < -0.3 is 5.11 Å². The highest BCUT2D eigenvalue weighted by Gasteiger charge is 2.73. The predicted octanol–water partition coefficient (Wildman–Crippen LogP) is 6.46. The molecule has 2 amide bonds. The Labute approximate surface area is 195 Å². The molecule has 7 heteroatoms. The fourth-order valence-corrected chi connectivity index (χ4v) is 5.27. The van der Waals surface area contributed by atoms with Gasteiger partial charge in [0, 0.05) is 39.8 Å². The van der Waals surface area contributed by atoms with Gasteiger partial charge in [-0.15, -0.1) is 0 Å². The Morgan fingerprint density at radius 1 is 0.906 bits per heavy atom. The van der Waals surface area contributed by atoms with Crippen molar-refractivity contribution < 1.29 is 14.3 Å². The zero-order chi connectivity index (χ0) is 22.7. The number of amides is 2. The van der Waals surface area contributed by atoms with E-state index in [1.807, 2.05) is 25.1 Å². The van der Waals surface area contributed by atoms with Crippen molar-refractivity contribution in [1.29, 1.82) is 0 Å². The number of nitrogens with zero attached hydrogens (tertiary/aromatic N) is 2. The van der Waals surface area contributed by atoms with Crippen LogP contribution in [0.25, 0.3) is 0 Å². The second kappa shape index (κ2) is 7.48. The Kier molecular flexibility index (Phi) is 4.97. The predicted molar refractivity (Wildman–Crippen MR) is 125 cm³/mol. The van der Waals surface area contributed by atoms with Gasteiger partial charge in [-0.05, 0) is 55.5 Å². The fraction of sp³-hybridized carbons (Fsp3) is 0.240. The van der Waals surface area contributed by atoms with E-state index >= 15 is 0 Å². The van der Waals surface area contributed by atoms with E-state index in [0.717, 1.165) is 5.56 Å². The molecule has 4 nitrogen and oxygen atoms in total. The zero-order valence-corrected chi connectivity index (χ0v) is 18.8. The number of alkyl halides is 1. The third kappa shape index (κ3) is 2.95. The molecule has 1 unspecified atom stereocenters. The summed E-state index contributed by atoms with van der Waals surface area (Å²) in [6.07, 6.45) is -1.11. The lowest BCUT2D eigenvalue weighted by molar-refractivity contribution is -0.0816. The second-order valence-corrected chi connectivity index (χ2v) is 9.36. The standard InChI is InChI=1S/C25H21Cl2FN2O2/c1-16-3-2-4-17(13-16)25(32)24(14-20(28)15-24)29(21-9-5-18(26)6-10-21)23(31)30(25)22-11-7-19(27)8-12-22/h2-13,20,32H,14-15H2,1H3. The summed E-state index contributed by atoms with van der Waals surface area (Å²) in [7, 11) is 0.